The van der Waals surface area contributed by atoms with E-state index in [1.807, 2.05) is 18.6 Å². The van der Waals surface area contributed by atoms with E-state index in [1.54, 1.807) is 6.20 Å². The summed E-state index contributed by atoms with van der Waals surface area (Å²) in [5.41, 5.74) is 2.74. The quantitative estimate of drug-likeness (QED) is 0.427. The molecular formula is C19H30BN3O2Si. The molecule has 140 valence electrons. The van der Waals surface area contributed by atoms with Crippen LogP contribution < -0.4 is 5.59 Å². The lowest BCUT2D eigenvalue weighted by molar-refractivity contribution is 0.0818. The zero-order chi connectivity index (χ0) is 18.9. The maximum absolute atomic E-state index is 13.3. The first kappa shape index (κ1) is 19.3. The molecule has 2 heterocycles. The maximum atomic E-state index is 13.3. The number of Topliss-reactive ketones (excluding diaryl/α,β-unsaturated/α-hetero) is 1. The Morgan fingerprint density at radius 1 is 1.35 bits per heavy atom. The zero-order valence-corrected chi connectivity index (χ0v) is 17.8. The van der Waals surface area contributed by atoms with E-state index in [2.05, 4.69) is 36.5 Å². The number of hydrogen-bond donors (Lipinski definition) is 0. The molecule has 1 saturated carbocycles. The molecular weight excluding hydrogens is 341 g/mol. The van der Waals surface area contributed by atoms with E-state index in [1.165, 1.54) is 0 Å². The summed E-state index contributed by atoms with van der Waals surface area (Å²) in [6.07, 6.45) is 7.85. The SMILES string of the molecule is Bc1cnc2c(n1)c(C(=O)C1(C)CCCC1)cn2COCC[Si](C)(C)C. The molecule has 0 radical (unpaired) electrons. The van der Waals surface area contributed by atoms with Crippen LogP contribution in [0.4, 0.5) is 0 Å². The Morgan fingerprint density at radius 2 is 2.04 bits per heavy atom. The summed E-state index contributed by atoms with van der Waals surface area (Å²) in [7, 11) is 0.803. The summed E-state index contributed by atoms with van der Waals surface area (Å²) in [5.74, 6) is 0.209. The van der Waals surface area contributed by atoms with Crippen molar-refractivity contribution in [3.8, 4) is 0 Å². The van der Waals surface area contributed by atoms with E-state index in [0.717, 1.165) is 55.1 Å². The minimum atomic E-state index is -1.11. The highest BCUT2D eigenvalue weighted by Crippen LogP contribution is 2.41. The lowest BCUT2D eigenvalue weighted by Gasteiger charge is -2.20. The van der Waals surface area contributed by atoms with Crippen LogP contribution in [0.3, 0.4) is 0 Å². The van der Waals surface area contributed by atoms with Crippen molar-refractivity contribution in [3.05, 3.63) is 18.0 Å². The van der Waals surface area contributed by atoms with Crippen molar-refractivity contribution in [1.29, 1.82) is 0 Å². The highest BCUT2D eigenvalue weighted by atomic mass is 28.3. The van der Waals surface area contributed by atoms with E-state index in [0.29, 0.717) is 12.3 Å². The van der Waals surface area contributed by atoms with Crippen molar-refractivity contribution in [3.63, 3.8) is 0 Å². The van der Waals surface area contributed by atoms with E-state index in [-0.39, 0.29) is 11.2 Å². The molecule has 1 fully saturated rings. The number of ketones is 1. The first-order valence-corrected chi connectivity index (χ1v) is 13.4. The minimum absolute atomic E-state index is 0.209. The van der Waals surface area contributed by atoms with Gasteiger partial charge in [-0.15, -0.1) is 0 Å². The molecule has 0 spiro atoms. The highest BCUT2D eigenvalue weighted by Gasteiger charge is 2.38. The Balaban J connectivity index is 1.87. The van der Waals surface area contributed by atoms with Crippen LogP contribution in [0.25, 0.3) is 11.2 Å². The molecule has 7 heteroatoms. The van der Waals surface area contributed by atoms with Gasteiger partial charge in [0.05, 0.1) is 5.56 Å². The summed E-state index contributed by atoms with van der Waals surface area (Å²) in [6, 6.07) is 1.13. The Morgan fingerprint density at radius 3 is 2.69 bits per heavy atom. The van der Waals surface area contributed by atoms with Crippen molar-refractivity contribution in [2.45, 2.75) is 65.0 Å². The third-order valence-corrected chi connectivity index (χ3v) is 7.12. The van der Waals surface area contributed by atoms with Gasteiger partial charge in [0.25, 0.3) is 0 Å². The lowest BCUT2D eigenvalue weighted by atomic mass is 9.81. The van der Waals surface area contributed by atoms with E-state index >= 15 is 0 Å². The predicted molar refractivity (Wildman–Crippen MR) is 111 cm³/mol. The molecule has 2 aromatic heterocycles. The number of nitrogens with zero attached hydrogens (tertiary/aromatic N) is 3. The monoisotopic (exact) mass is 371 g/mol. The third-order valence-electron chi connectivity index (χ3n) is 5.41. The molecule has 0 aromatic carbocycles. The van der Waals surface area contributed by atoms with Gasteiger partial charge in [0.15, 0.2) is 19.3 Å². The number of hydrogen-bond acceptors (Lipinski definition) is 4. The zero-order valence-electron chi connectivity index (χ0n) is 16.8. The molecule has 2 aromatic rings. The van der Waals surface area contributed by atoms with Gasteiger partial charge in [-0.3, -0.25) is 9.78 Å². The maximum Gasteiger partial charge on any atom is 0.172 e. The smallest absolute Gasteiger partial charge is 0.172 e. The number of carbonyl (C=O) groups excluding carboxylic acids is 1. The van der Waals surface area contributed by atoms with E-state index < -0.39 is 8.07 Å². The second-order valence-electron chi connectivity index (χ2n) is 9.14. The Kier molecular flexibility index (Phi) is 5.40. The second-order valence-corrected chi connectivity index (χ2v) is 14.8. The number of rotatable bonds is 7. The fourth-order valence-electron chi connectivity index (χ4n) is 3.65. The van der Waals surface area contributed by atoms with Crippen LogP contribution in [0.15, 0.2) is 12.4 Å². The van der Waals surface area contributed by atoms with E-state index in [4.69, 9.17) is 4.74 Å². The standard InChI is InChI=1S/C19H30BN3O2Si/c1-19(7-5-6-8-19)17(24)14-12-23(13-25-9-10-26(2,3)4)18-16(14)22-15(20)11-21-18/h11-12H,5-10,13,20H2,1-4H3. The number of aromatic nitrogens is 3. The van der Waals surface area contributed by atoms with Crippen LogP contribution in [-0.2, 0) is 11.5 Å². The molecule has 0 unspecified atom stereocenters. The summed E-state index contributed by atoms with van der Waals surface area (Å²) in [4.78, 5) is 22.4. The molecule has 1 aliphatic rings. The van der Waals surface area contributed by atoms with Crippen LogP contribution >= 0.6 is 0 Å². The molecule has 0 N–H and O–H groups in total. The Bertz CT molecular complexity index is 807. The number of ether oxygens (including phenoxy) is 1. The van der Waals surface area contributed by atoms with Crippen LogP contribution in [0.2, 0.25) is 25.7 Å². The highest BCUT2D eigenvalue weighted by molar-refractivity contribution is 6.76. The third kappa shape index (κ3) is 4.09. The molecule has 5 nitrogen and oxygen atoms in total. The van der Waals surface area contributed by atoms with Gasteiger partial charge < -0.3 is 9.30 Å². The summed E-state index contributed by atoms with van der Waals surface area (Å²) >= 11 is 0. The van der Waals surface area contributed by atoms with Crippen molar-refractivity contribution < 1.29 is 9.53 Å². The Hall–Kier alpha value is -1.47. The van der Waals surface area contributed by atoms with Gasteiger partial charge in [0, 0.05) is 38.1 Å². The Labute approximate surface area is 158 Å². The molecule has 0 atom stereocenters. The first-order chi connectivity index (χ1) is 12.2. The van der Waals surface area contributed by atoms with Crippen molar-refractivity contribution in [2.24, 2.45) is 5.41 Å². The van der Waals surface area contributed by atoms with Gasteiger partial charge in [-0.25, -0.2) is 4.98 Å². The number of fused-ring (bicyclic) bond motifs is 1. The molecule has 1 aliphatic carbocycles. The van der Waals surface area contributed by atoms with Gasteiger partial charge in [0.1, 0.15) is 12.2 Å². The summed E-state index contributed by atoms with van der Waals surface area (Å²) in [5, 5.41) is 0. The van der Waals surface area contributed by atoms with Crippen LogP contribution in [0, 0.1) is 5.41 Å². The molecule has 0 saturated heterocycles. The van der Waals surface area contributed by atoms with Crippen molar-refractivity contribution in [1.82, 2.24) is 14.5 Å². The predicted octanol–water partition coefficient (Wildman–Crippen LogP) is 2.77. The molecule has 26 heavy (non-hydrogen) atoms. The van der Waals surface area contributed by atoms with E-state index in [9.17, 15) is 4.79 Å². The van der Waals surface area contributed by atoms with Gasteiger partial charge in [0.2, 0.25) is 0 Å². The molecule has 3 rings (SSSR count). The van der Waals surface area contributed by atoms with Crippen LogP contribution in [0.5, 0.6) is 0 Å². The molecule has 0 amide bonds. The topological polar surface area (TPSA) is 57.0 Å². The normalized spacial score (nSPS) is 17.1. The fraction of sp³-hybridized carbons (Fsp3) is 0.632. The van der Waals surface area contributed by atoms with Crippen molar-refractivity contribution >= 4 is 38.5 Å². The van der Waals surface area contributed by atoms with Gasteiger partial charge in [-0.1, -0.05) is 39.4 Å². The average Bonchev–Trinajstić information content (AvgIpc) is 3.15. The largest absolute Gasteiger partial charge is 0.361 e. The average molecular weight is 371 g/mol. The first-order valence-electron chi connectivity index (χ1n) is 9.65. The minimum Gasteiger partial charge on any atom is -0.361 e. The summed E-state index contributed by atoms with van der Waals surface area (Å²) in [6.45, 7) is 10.3. The fourth-order valence-corrected chi connectivity index (χ4v) is 4.41. The summed E-state index contributed by atoms with van der Waals surface area (Å²) < 4.78 is 7.84. The van der Waals surface area contributed by atoms with Gasteiger partial charge in [-0.05, 0) is 18.9 Å². The van der Waals surface area contributed by atoms with Gasteiger partial charge in [-0.2, -0.15) is 0 Å². The molecule has 0 bridgehead atoms. The number of carbonyl (C=O) groups is 1. The van der Waals surface area contributed by atoms with Crippen molar-refractivity contribution in [2.75, 3.05) is 6.61 Å². The molecule has 0 aliphatic heterocycles. The van der Waals surface area contributed by atoms with Crippen LogP contribution in [0.1, 0.15) is 43.0 Å². The second kappa shape index (κ2) is 7.27. The lowest BCUT2D eigenvalue weighted by Crippen LogP contribution is -2.24. The van der Waals surface area contributed by atoms with Crippen LogP contribution in [-0.4, -0.2) is 42.8 Å². The van der Waals surface area contributed by atoms with Gasteiger partial charge >= 0.3 is 0 Å².